The van der Waals surface area contributed by atoms with Crippen LogP contribution < -0.4 is 4.90 Å². The van der Waals surface area contributed by atoms with Crippen LogP contribution >= 0.6 is 0 Å². The van der Waals surface area contributed by atoms with Gasteiger partial charge in [0.15, 0.2) is 0 Å². The summed E-state index contributed by atoms with van der Waals surface area (Å²) in [6.07, 6.45) is 0. The van der Waals surface area contributed by atoms with E-state index in [2.05, 4.69) is 241 Å². The van der Waals surface area contributed by atoms with Gasteiger partial charge in [-0.3, -0.25) is 0 Å². The van der Waals surface area contributed by atoms with E-state index in [9.17, 15) is 0 Å². The van der Waals surface area contributed by atoms with Crippen LogP contribution in [0.5, 0.6) is 0 Å². The minimum atomic E-state index is -0.473. The van der Waals surface area contributed by atoms with Crippen LogP contribution in [-0.2, 0) is 5.41 Å². The van der Waals surface area contributed by atoms with Gasteiger partial charge in [-0.1, -0.05) is 194 Å². The fourth-order valence-electron chi connectivity index (χ4n) is 10.8. The normalized spacial score (nSPS) is 12.9. The van der Waals surface area contributed by atoms with E-state index in [0.29, 0.717) is 0 Å². The summed E-state index contributed by atoms with van der Waals surface area (Å²) < 4.78 is 6.63. The second-order valence-electron chi connectivity index (χ2n) is 16.7. The molecule has 1 heterocycles. The van der Waals surface area contributed by atoms with E-state index in [1.807, 2.05) is 0 Å². The highest BCUT2D eigenvalue weighted by molar-refractivity contribution is 6.16. The molecular formula is C61H39NO. The summed E-state index contributed by atoms with van der Waals surface area (Å²) in [6.45, 7) is 0. The van der Waals surface area contributed by atoms with E-state index in [4.69, 9.17) is 4.42 Å². The van der Waals surface area contributed by atoms with E-state index in [0.717, 1.165) is 50.1 Å². The molecule has 13 rings (SSSR count). The Bertz CT molecular complexity index is 3480. The van der Waals surface area contributed by atoms with Crippen molar-refractivity contribution in [3.05, 3.63) is 259 Å². The molecule has 2 nitrogen and oxygen atoms in total. The number of anilines is 3. The second-order valence-corrected chi connectivity index (χ2v) is 16.7. The van der Waals surface area contributed by atoms with Crippen molar-refractivity contribution in [2.75, 3.05) is 4.90 Å². The summed E-state index contributed by atoms with van der Waals surface area (Å²) in [6, 6.07) is 86.5. The molecule has 0 radical (unpaired) electrons. The van der Waals surface area contributed by atoms with Crippen molar-refractivity contribution in [1.82, 2.24) is 0 Å². The molecular weight excluding hydrogens is 763 g/mol. The Morgan fingerprint density at radius 1 is 0.317 bits per heavy atom. The van der Waals surface area contributed by atoms with Gasteiger partial charge in [-0.2, -0.15) is 0 Å². The molecule has 2 aliphatic carbocycles. The Labute approximate surface area is 366 Å². The lowest BCUT2D eigenvalue weighted by Crippen LogP contribution is -2.26. The van der Waals surface area contributed by atoms with Crippen LogP contribution in [0.25, 0.3) is 77.6 Å². The van der Waals surface area contributed by atoms with Gasteiger partial charge < -0.3 is 9.32 Å². The maximum Gasteiger partial charge on any atom is 0.136 e. The Kier molecular flexibility index (Phi) is 7.85. The standard InChI is InChI=1S/C61H39NO/c1-3-15-40(16-4-1)42-27-29-44(30-28-42)59-56(37-38-58-60(59)51-22-10-14-26-57(51)63-58)62(45-33-31-43(32-34-45)41-17-5-2-6-18-41)46-35-36-50-49-21-9-13-25-54(49)61(55(50)39-46)52-23-11-7-19-47(52)48-20-8-12-24-53(48)61/h1-39H. The molecule has 0 bridgehead atoms. The molecule has 0 atom stereocenters. The second kappa shape index (κ2) is 13.9. The highest BCUT2D eigenvalue weighted by Gasteiger charge is 2.51. The van der Waals surface area contributed by atoms with Gasteiger partial charge in [-0.25, -0.2) is 0 Å². The zero-order valence-electron chi connectivity index (χ0n) is 34.4. The quantitative estimate of drug-likeness (QED) is 0.167. The van der Waals surface area contributed by atoms with Crippen LogP contribution in [0.3, 0.4) is 0 Å². The average Bonchev–Trinajstić information content (AvgIpc) is 3.99. The third kappa shape index (κ3) is 5.25. The summed E-state index contributed by atoms with van der Waals surface area (Å²) in [5.74, 6) is 0. The van der Waals surface area contributed by atoms with Gasteiger partial charge in [0.2, 0.25) is 0 Å². The molecule has 2 heteroatoms. The van der Waals surface area contributed by atoms with Crippen molar-refractivity contribution in [3.63, 3.8) is 0 Å². The Balaban J connectivity index is 1.09. The molecule has 0 aliphatic heterocycles. The van der Waals surface area contributed by atoms with Crippen molar-refractivity contribution in [3.8, 4) is 55.6 Å². The SMILES string of the molecule is c1ccc(-c2ccc(-c3c(N(c4ccc(-c5ccccc5)cc4)c4ccc5c(c4)C4(c6ccccc6-c6ccccc64)c4ccccc4-5)ccc4oc5ccccc5c34)cc2)cc1. The van der Waals surface area contributed by atoms with E-state index in [1.54, 1.807) is 0 Å². The van der Waals surface area contributed by atoms with E-state index < -0.39 is 5.41 Å². The molecule has 2 aliphatic rings. The molecule has 0 amide bonds. The lowest BCUT2D eigenvalue weighted by atomic mass is 9.70. The van der Waals surface area contributed by atoms with Gasteiger partial charge in [0.1, 0.15) is 11.2 Å². The van der Waals surface area contributed by atoms with E-state index in [-0.39, 0.29) is 0 Å². The van der Waals surface area contributed by atoms with Crippen molar-refractivity contribution >= 4 is 39.0 Å². The van der Waals surface area contributed by atoms with Gasteiger partial charge >= 0.3 is 0 Å². The van der Waals surface area contributed by atoms with Crippen LogP contribution in [-0.4, -0.2) is 0 Å². The van der Waals surface area contributed by atoms with Gasteiger partial charge in [0.25, 0.3) is 0 Å². The Hall–Kier alpha value is -8.20. The fraction of sp³-hybridized carbons (Fsp3) is 0.0164. The zero-order chi connectivity index (χ0) is 41.5. The number of hydrogen-bond donors (Lipinski definition) is 0. The van der Waals surface area contributed by atoms with Crippen LogP contribution in [0, 0.1) is 0 Å². The molecule has 0 fully saturated rings. The summed E-state index contributed by atoms with van der Waals surface area (Å²) in [5.41, 5.74) is 21.9. The molecule has 63 heavy (non-hydrogen) atoms. The highest BCUT2D eigenvalue weighted by atomic mass is 16.3. The highest BCUT2D eigenvalue weighted by Crippen LogP contribution is 2.63. The van der Waals surface area contributed by atoms with Gasteiger partial charge in [-0.05, 0) is 115 Å². The minimum absolute atomic E-state index is 0.473. The predicted molar refractivity (Wildman–Crippen MR) is 261 cm³/mol. The lowest BCUT2D eigenvalue weighted by molar-refractivity contribution is 0.669. The molecule has 11 aromatic rings. The third-order valence-corrected chi connectivity index (χ3v) is 13.5. The minimum Gasteiger partial charge on any atom is -0.456 e. The number of furan rings is 1. The van der Waals surface area contributed by atoms with Crippen LogP contribution in [0.4, 0.5) is 17.1 Å². The molecule has 1 aromatic heterocycles. The summed E-state index contributed by atoms with van der Waals surface area (Å²) in [7, 11) is 0. The first kappa shape index (κ1) is 35.5. The molecule has 0 unspecified atom stereocenters. The van der Waals surface area contributed by atoms with Crippen molar-refractivity contribution in [2.45, 2.75) is 5.41 Å². The van der Waals surface area contributed by atoms with Gasteiger partial charge in [-0.15, -0.1) is 0 Å². The van der Waals surface area contributed by atoms with Gasteiger partial charge in [0.05, 0.1) is 11.1 Å². The average molecular weight is 802 g/mol. The lowest BCUT2D eigenvalue weighted by Gasteiger charge is -2.33. The number of benzene rings is 10. The van der Waals surface area contributed by atoms with E-state index in [1.165, 1.54) is 66.8 Å². The number of fused-ring (bicyclic) bond motifs is 13. The molecule has 294 valence electrons. The number of rotatable bonds is 6. The predicted octanol–water partition coefficient (Wildman–Crippen LogP) is 16.4. The summed E-state index contributed by atoms with van der Waals surface area (Å²) >= 11 is 0. The first-order valence-electron chi connectivity index (χ1n) is 21.8. The first-order chi connectivity index (χ1) is 31.3. The number of para-hydroxylation sites is 1. The first-order valence-corrected chi connectivity index (χ1v) is 21.8. The van der Waals surface area contributed by atoms with Crippen molar-refractivity contribution in [2.24, 2.45) is 0 Å². The number of nitrogens with zero attached hydrogens (tertiary/aromatic N) is 1. The van der Waals surface area contributed by atoms with Crippen LogP contribution in [0.1, 0.15) is 22.3 Å². The molecule has 0 saturated carbocycles. The van der Waals surface area contributed by atoms with Gasteiger partial charge in [0, 0.05) is 27.7 Å². The monoisotopic (exact) mass is 801 g/mol. The van der Waals surface area contributed by atoms with Crippen molar-refractivity contribution in [1.29, 1.82) is 0 Å². The topological polar surface area (TPSA) is 16.4 Å². The zero-order valence-corrected chi connectivity index (χ0v) is 34.4. The van der Waals surface area contributed by atoms with Crippen LogP contribution in [0.2, 0.25) is 0 Å². The smallest absolute Gasteiger partial charge is 0.136 e. The molecule has 0 N–H and O–H groups in total. The maximum atomic E-state index is 6.63. The maximum absolute atomic E-state index is 6.63. The molecule has 0 saturated heterocycles. The third-order valence-electron chi connectivity index (χ3n) is 13.5. The van der Waals surface area contributed by atoms with Crippen molar-refractivity contribution < 1.29 is 4.42 Å². The molecule has 1 spiro atoms. The Morgan fingerprint density at radius 3 is 1.38 bits per heavy atom. The summed E-state index contributed by atoms with van der Waals surface area (Å²) in [4.78, 5) is 2.47. The number of hydrogen-bond acceptors (Lipinski definition) is 2. The Morgan fingerprint density at radius 2 is 0.778 bits per heavy atom. The fourth-order valence-corrected chi connectivity index (χ4v) is 10.8. The van der Waals surface area contributed by atoms with E-state index >= 15 is 0 Å². The largest absolute Gasteiger partial charge is 0.456 e. The van der Waals surface area contributed by atoms with Crippen LogP contribution in [0.15, 0.2) is 241 Å². The summed E-state index contributed by atoms with van der Waals surface area (Å²) in [5, 5.41) is 2.20. The molecule has 10 aromatic carbocycles.